The third kappa shape index (κ3) is 4.40. The molecule has 3 aromatic rings. The Morgan fingerprint density at radius 1 is 1.13 bits per heavy atom. The number of halogens is 2. The highest BCUT2D eigenvalue weighted by molar-refractivity contribution is 6.34. The molecule has 0 spiro atoms. The number of allylic oxidation sites excluding steroid dienone is 3. The van der Waals surface area contributed by atoms with Crippen molar-refractivity contribution < 1.29 is 9.50 Å². The molecule has 1 aromatic heterocycles. The van der Waals surface area contributed by atoms with E-state index >= 15 is 4.39 Å². The van der Waals surface area contributed by atoms with Crippen molar-refractivity contribution in [3.8, 4) is 16.9 Å². The van der Waals surface area contributed by atoms with Crippen LogP contribution in [0.15, 0.2) is 42.5 Å². The van der Waals surface area contributed by atoms with Gasteiger partial charge < -0.3 is 25.1 Å². The van der Waals surface area contributed by atoms with Crippen molar-refractivity contribution in [1.82, 2.24) is 20.2 Å². The number of aromatic hydroxyl groups is 1. The first kappa shape index (κ1) is 25.1. The van der Waals surface area contributed by atoms with E-state index in [0.717, 1.165) is 44.0 Å². The summed E-state index contributed by atoms with van der Waals surface area (Å²) in [5.74, 6) is 0.821. The maximum atomic E-state index is 16.5. The molecule has 0 saturated carbocycles. The summed E-state index contributed by atoms with van der Waals surface area (Å²) >= 11 is 6.77. The number of rotatable bonds is 6. The van der Waals surface area contributed by atoms with E-state index in [1.807, 2.05) is 37.3 Å². The van der Waals surface area contributed by atoms with Crippen molar-refractivity contribution in [2.24, 2.45) is 0 Å². The Morgan fingerprint density at radius 2 is 1.95 bits per heavy atom. The fourth-order valence-electron chi connectivity index (χ4n) is 5.71. The molecule has 0 radical (unpaired) electrons. The van der Waals surface area contributed by atoms with Crippen LogP contribution in [-0.2, 0) is 0 Å². The first-order chi connectivity index (χ1) is 18.3. The van der Waals surface area contributed by atoms with Gasteiger partial charge in [0.2, 0.25) is 5.95 Å². The second-order valence-corrected chi connectivity index (χ2v) is 11.1. The number of benzene rings is 2. The van der Waals surface area contributed by atoms with Gasteiger partial charge in [0.15, 0.2) is 5.82 Å². The maximum absolute atomic E-state index is 16.5. The van der Waals surface area contributed by atoms with Crippen molar-refractivity contribution in [1.29, 1.82) is 0 Å². The summed E-state index contributed by atoms with van der Waals surface area (Å²) in [5, 5.41) is 14.8. The van der Waals surface area contributed by atoms with E-state index in [0.29, 0.717) is 35.0 Å². The summed E-state index contributed by atoms with van der Waals surface area (Å²) in [5.41, 5.74) is 1.72. The van der Waals surface area contributed by atoms with Gasteiger partial charge >= 0.3 is 0 Å². The molecule has 6 rings (SSSR count). The predicted molar refractivity (Wildman–Crippen MR) is 153 cm³/mol. The lowest BCUT2D eigenvalue weighted by atomic mass is 9.99. The predicted octanol–water partition coefficient (Wildman–Crippen LogP) is 4.68. The molecule has 9 heteroatoms. The number of phenolic OH excluding ortho intramolecular Hbond substituents is 1. The molecule has 3 saturated heterocycles. The number of nitrogens with one attached hydrogen (secondary N) is 1. The van der Waals surface area contributed by atoms with Gasteiger partial charge in [-0.2, -0.15) is 4.98 Å². The highest BCUT2D eigenvalue weighted by atomic mass is 35.5. The molecule has 4 heterocycles. The second-order valence-electron chi connectivity index (χ2n) is 10.7. The van der Waals surface area contributed by atoms with Crippen molar-refractivity contribution in [2.75, 3.05) is 50.1 Å². The molecule has 0 amide bonds. The largest absolute Gasteiger partial charge is 0.508 e. The Kier molecular flexibility index (Phi) is 6.50. The van der Waals surface area contributed by atoms with Gasteiger partial charge in [-0.3, -0.25) is 0 Å². The number of hydrogen-bond donors (Lipinski definition) is 2. The minimum Gasteiger partial charge on any atom is -0.508 e. The number of hydrogen-bond acceptors (Lipinski definition) is 7. The van der Waals surface area contributed by atoms with Gasteiger partial charge in [-0.05, 0) is 62.8 Å². The number of aromatic nitrogens is 2. The molecule has 3 aliphatic rings. The zero-order valence-electron chi connectivity index (χ0n) is 21.8. The van der Waals surface area contributed by atoms with Gasteiger partial charge in [0.1, 0.15) is 17.1 Å². The smallest absolute Gasteiger partial charge is 0.228 e. The Morgan fingerprint density at radius 3 is 2.63 bits per heavy atom. The molecule has 38 heavy (non-hydrogen) atoms. The molecule has 3 aliphatic heterocycles. The van der Waals surface area contributed by atoms with Crippen molar-refractivity contribution >= 4 is 40.3 Å². The molecular weight excluding hydrogens is 503 g/mol. The van der Waals surface area contributed by atoms with Crippen LogP contribution in [-0.4, -0.2) is 78.4 Å². The summed E-state index contributed by atoms with van der Waals surface area (Å²) in [4.78, 5) is 16.3. The van der Waals surface area contributed by atoms with Crippen molar-refractivity contribution in [3.05, 3.63) is 58.9 Å². The van der Waals surface area contributed by atoms with Gasteiger partial charge in [-0.25, -0.2) is 9.37 Å². The highest BCUT2D eigenvalue weighted by Gasteiger charge is 2.40. The SMILES string of the molecule is C/C=C\C=C/c1cc(O)cc(-c2c(Cl)cc3c(N4C[C@@H]5C[C@H]4CN5)nc(N4CC(N(C)C)C4)nc3c2F)c1. The lowest BCUT2D eigenvalue weighted by Gasteiger charge is -2.43. The quantitative estimate of drug-likeness (QED) is 0.445. The fraction of sp³-hybridized carbons (Fsp3) is 0.379. The molecule has 2 aromatic carbocycles. The van der Waals surface area contributed by atoms with E-state index in [9.17, 15) is 5.11 Å². The van der Waals surface area contributed by atoms with E-state index in [1.165, 1.54) is 6.07 Å². The van der Waals surface area contributed by atoms with Crippen LogP contribution in [0.4, 0.5) is 16.2 Å². The van der Waals surface area contributed by atoms with Crippen LogP contribution >= 0.6 is 11.6 Å². The molecule has 2 N–H and O–H groups in total. The monoisotopic (exact) mass is 534 g/mol. The first-order valence-corrected chi connectivity index (χ1v) is 13.4. The summed E-state index contributed by atoms with van der Waals surface area (Å²) in [6, 6.07) is 7.92. The molecular formula is C29H32ClFN6O. The molecule has 0 unspecified atom stereocenters. The summed E-state index contributed by atoms with van der Waals surface area (Å²) in [6.45, 7) is 5.23. The van der Waals surface area contributed by atoms with Crippen LogP contribution in [0.5, 0.6) is 5.75 Å². The summed E-state index contributed by atoms with van der Waals surface area (Å²) in [7, 11) is 4.13. The number of nitrogens with zero attached hydrogens (tertiary/aromatic N) is 5. The highest BCUT2D eigenvalue weighted by Crippen LogP contribution is 2.42. The topological polar surface area (TPSA) is 67.8 Å². The lowest BCUT2D eigenvalue weighted by molar-refractivity contribution is 0.245. The molecule has 2 atom stereocenters. The Hall–Kier alpha value is -3.20. The van der Waals surface area contributed by atoms with Crippen LogP contribution in [0.3, 0.4) is 0 Å². The van der Waals surface area contributed by atoms with E-state index in [-0.39, 0.29) is 21.9 Å². The molecule has 7 nitrogen and oxygen atoms in total. The summed E-state index contributed by atoms with van der Waals surface area (Å²) < 4.78 is 16.5. The minimum absolute atomic E-state index is 0.0400. The average molecular weight is 535 g/mol. The van der Waals surface area contributed by atoms with Gasteiger partial charge in [-0.15, -0.1) is 0 Å². The first-order valence-electron chi connectivity index (χ1n) is 13.1. The molecule has 198 valence electrons. The third-order valence-corrected chi connectivity index (χ3v) is 8.17. The zero-order valence-corrected chi connectivity index (χ0v) is 22.6. The average Bonchev–Trinajstić information content (AvgIpc) is 3.47. The number of anilines is 2. The van der Waals surface area contributed by atoms with E-state index < -0.39 is 5.82 Å². The molecule has 0 aliphatic carbocycles. The minimum atomic E-state index is -0.501. The fourth-order valence-corrected chi connectivity index (χ4v) is 6.01. The number of phenols is 1. The zero-order chi connectivity index (χ0) is 26.6. The Labute approximate surface area is 227 Å². The van der Waals surface area contributed by atoms with Crippen molar-refractivity contribution in [2.45, 2.75) is 31.5 Å². The number of fused-ring (bicyclic) bond motifs is 3. The number of likely N-dealkylation sites (N-methyl/N-ethyl adjacent to an activating group) is 1. The van der Waals surface area contributed by atoms with E-state index in [1.54, 1.807) is 12.1 Å². The lowest BCUT2D eigenvalue weighted by Crippen LogP contribution is -2.58. The molecule has 3 fully saturated rings. The molecule has 2 bridgehead atoms. The number of piperazine rings is 1. The van der Waals surface area contributed by atoms with E-state index in [2.05, 4.69) is 34.1 Å². The van der Waals surface area contributed by atoms with Crippen molar-refractivity contribution in [3.63, 3.8) is 0 Å². The van der Waals surface area contributed by atoms with Crippen LogP contribution in [0.2, 0.25) is 5.02 Å². The normalized spacial score (nSPS) is 21.6. The van der Waals surface area contributed by atoms with Crippen LogP contribution < -0.4 is 15.1 Å². The van der Waals surface area contributed by atoms with Gasteiger partial charge in [0.25, 0.3) is 0 Å². The van der Waals surface area contributed by atoms with Gasteiger partial charge in [0, 0.05) is 55.3 Å². The third-order valence-electron chi connectivity index (χ3n) is 7.88. The van der Waals surface area contributed by atoms with E-state index in [4.69, 9.17) is 21.6 Å². The van der Waals surface area contributed by atoms with Crippen LogP contribution in [0, 0.1) is 5.82 Å². The summed E-state index contributed by atoms with van der Waals surface area (Å²) in [6.07, 6.45) is 8.58. The van der Waals surface area contributed by atoms with Crippen LogP contribution in [0.25, 0.3) is 28.1 Å². The second kappa shape index (κ2) is 9.84. The van der Waals surface area contributed by atoms with Gasteiger partial charge in [0.05, 0.1) is 5.02 Å². The van der Waals surface area contributed by atoms with Gasteiger partial charge in [-0.1, -0.05) is 35.9 Å². The van der Waals surface area contributed by atoms with Crippen LogP contribution in [0.1, 0.15) is 18.9 Å². The standard InChI is InChI=1S/C29H32ClFN6O/c1-4-5-6-7-17-8-18(10-22(38)9-17)25-24(30)12-23-27(26(25)31)33-29(36-15-21(16-36)35(2)3)34-28(23)37-14-19-11-20(37)13-32-19/h4-10,12,19-21,32,38H,11,13-16H2,1-3H3/b5-4-,7-6-/t19-,20-/m0/s1. The Balaban J connectivity index is 1.49. The Bertz CT molecular complexity index is 1450. The maximum Gasteiger partial charge on any atom is 0.228 e.